The van der Waals surface area contributed by atoms with Crippen molar-refractivity contribution in [1.82, 2.24) is 5.32 Å². The highest BCUT2D eigenvalue weighted by Crippen LogP contribution is 3.02. The maximum atomic E-state index is 12.9. The molecule has 0 bridgehead atoms. The molecular formula is C11H12F6N2OS. The highest BCUT2D eigenvalue weighted by Gasteiger charge is 2.65. The van der Waals surface area contributed by atoms with Crippen LogP contribution in [0, 0.1) is 0 Å². The summed E-state index contributed by atoms with van der Waals surface area (Å²) in [5, 5.41) is 4.60. The second-order valence-corrected chi connectivity index (χ2v) is 7.19. The van der Waals surface area contributed by atoms with Crippen molar-refractivity contribution in [3.05, 3.63) is 24.3 Å². The quantitative estimate of drug-likeness (QED) is 0.821. The van der Waals surface area contributed by atoms with Gasteiger partial charge in [0.1, 0.15) is 11.1 Å². The van der Waals surface area contributed by atoms with Crippen LogP contribution in [0.1, 0.15) is 6.42 Å². The number of hydrogen-bond acceptors (Lipinski definition) is 2. The van der Waals surface area contributed by atoms with E-state index in [2.05, 4.69) is 10.6 Å². The maximum absolute atomic E-state index is 12.9. The van der Waals surface area contributed by atoms with Gasteiger partial charge < -0.3 is 10.6 Å². The fraction of sp³-hybridized carbons (Fsp3) is 0.364. The summed E-state index contributed by atoms with van der Waals surface area (Å²) >= 11 is 0. The summed E-state index contributed by atoms with van der Waals surface area (Å²) in [7, 11) is -9.79. The highest BCUT2D eigenvalue weighted by molar-refractivity contribution is 8.45. The van der Waals surface area contributed by atoms with Crippen molar-refractivity contribution in [2.75, 3.05) is 11.9 Å². The summed E-state index contributed by atoms with van der Waals surface area (Å²) in [4.78, 5) is 9.59. The van der Waals surface area contributed by atoms with Gasteiger partial charge in [-0.05, 0) is 18.2 Å². The van der Waals surface area contributed by atoms with Gasteiger partial charge in [-0.25, -0.2) is 4.39 Å². The van der Waals surface area contributed by atoms with E-state index >= 15 is 0 Å². The van der Waals surface area contributed by atoms with Gasteiger partial charge in [-0.3, -0.25) is 4.79 Å². The van der Waals surface area contributed by atoms with E-state index in [1.165, 1.54) is 0 Å². The first-order chi connectivity index (χ1) is 9.35. The molecule has 2 N–H and O–H groups in total. The lowest BCUT2D eigenvalue weighted by Gasteiger charge is -2.40. The van der Waals surface area contributed by atoms with Crippen LogP contribution in [0.2, 0.25) is 0 Å². The molecule has 21 heavy (non-hydrogen) atoms. The SMILES string of the molecule is O=C(Nc1cccc(S(F)(F)(F)(F)F)c1)[C@@H]1C[C@@H](F)CN1. The number of amides is 1. The van der Waals surface area contributed by atoms with Crippen LogP contribution < -0.4 is 10.6 Å². The van der Waals surface area contributed by atoms with E-state index in [-0.39, 0.29) is 25.1 Å². The molecule has 120 valence electrons. The number of halogens is 6. The lowest BCUT2D eigenvalue weighted by atomic mass is 10.2. The Morgan fingerprint density at radius 2 is 1.90 bits per heavy atom. The Balaban J connectivity index is 2.18. The molecule has 0 spiro atoms. The second kappa shape index (κ2) is 4.29. The van der Waals surface area contributed by atoms with E-state index in [0.717, 1.165) is 12.1 Å². The van der Waals surface area contributed by atoms with Gasteiger partial charge in [0.2, 0.25) is 5.91 Å². The number of hydrogen-bond donors (Lipinski definition) is 2. The predicted molar refractivity (Wildman–Crippen MR) is 67.8 cm³/mol. The fourth-order valence-corrected chi connectivity index (χ4v) is 2.62. The predicted octanol–water partition coefficient (Wildman–Crippen LogP) is 3.98. The van der Waals surface area contributed by atoms with Gasteiger partial charge in [0, 0.05) is 18.7 Å². The minimum atomic E-state index is -9.79. The Hall–Kier alpha value is -1.42. The minimum absolute atomic E-state index is 0.0381. The number of anilines is 1. The Morgan fingerprint density at radius 3 is 2.43 bits per heavy atom. The number of carbonyl (C=O) groups excluding carboxylic acids is 1. The van der Waals surface area contributed by atoms with Crippen molar-refractivity contribution in [3.8, 4) is 0 Å². The van der Waals surface area contributed by atoms with Crippen LogP contribution in [0.4, 0.5) is 29.5 Å². The normalized spacial score (nSPS) is 26.0. The molecule has 1 aromatic carbocycles. The highest BCUT2D eigenvalue weighted by atomic mass is 32.5. The Labute approximate surface area is 116 Å². The molecule has 2 rings (SSSR count). The third kappa shape index (κ3) is 4.03. The Kier molecular flexibility index (Phi) is 3.26. The Bertz CT molecular complexity index is 575. The van der Waals surface area contributed by atoms with E-state index in [9.17, 15) is 28.6 Å². The third-order valence-corrected chi connectivity index (χ3v) is 4.09. The zero-order valence-corrected chi connectivity index (χ0v) is 11.3. The molecule has 0 radical (unpaired) electrons. The van der Waals surface area contributed by atoms with Gasteiger partial charge in [-0.2, -0.15) is 0 Å². The molecule has 0 unspecified atom stereocenters. The van der Waals surface area contributed by atoms with Crippen LogP contribution in [0.3, 0.4) is 0 Å². The van der Waals surface area contributed by atoms with Crippen LogP contribution in [0.15, 0.2) is 29.2 Å². The maximum Gasteiger partial charge on any atom is 0.310 e. The van der Waals surface area contributed by atoms with Gasteiger partial charge in [0.15, 0.2) is 0 Å². The molecule has 1 aromatic rings. The number of carbonyl (C=O) groups is 1. The van der Waals surface area contributed by atoms with E-state index in [1.807, 2.05) is 0 Å². The van der Waals surface area contributed by atoms with Crippen molar-refractivity contribution in [2.24, 2.45) is 0 Å². The fourth-order valence-electron chi connectivity index (χ4n) is 1.94. The van der Waals surface area contributed by atoms with E-state index in [4.69, 9.17) is 0 Å². The lowest BCUT2D eigenvalue weighted by molar-refractivity contribution is -0.117. The smallest absolute Gasteiger partial charge is 0.310 e. The van der Waals surface area contributed by atoms with Gasteiger partial charge in [-0.1, -0.05) is 25.5 Å². The average Bonchev–Trinajstić information content (AvgIpc) is 2.73. The number of benzene rings is 1. The molecule has 2 atom stereocenters. The summed E-state index contributed by atoms with van der Waals surface area (Å²) in [6.45, 7) is -0.0381. The number of alkyl halides is 1. The standard InChI is InChI=1S/C11H12F6N2OS/c12-7-4-10(18-6-7)11(20)19-8-2-1-3-9(5-8)21(13,14,15,16)17/h1-3,5,7,10,18H,4,6H2,(H,19,20)/t7-,10+/m1/s1. The van der Waals surface area contributed by atoms with Gasteiger partial charge >= 0.3 is 10.2 Å². The molecule has 1 aliphatic heterocycles. The van der Waals surface area contributed by atoms with E-state index in [0.29, 0.717) is 0 Å². The van der Waals surface area contributed by atoms with Crippen molar-refractivity contribution in [2.45, 2.75) is 23.5 Å². The third-order valence-electron chi connectivity index (χ3n) is 2.94. The monoisotopic (exact) mass is 334 g/mol. The van der Waals surface area contributed by atoms with Crippen LogP contribution in [-0.4, -0.2) is 24.7 Å². The molecule has 1 heterocycles. The second-order valence-electron chi connectivity index (χ2n) is 4.78. The number of nitrogens with one attached hydrogen (secondary N) is 2. The summed E-state index contributed by atoms with van der Waals surface area (Å²) in [6, 6.07) is 1.32. The largest absolute Gasteiger partial charge is 0.325 e. The molecule has 1 amide bonds. The topological polar surface area (TPSA) is 41.1 Å². The zero-order chi connectivity index (χ0) is 16.0. The van der Waals surface area contributed by atoms with Gasteiger partial charge in [0.05, 0.1) is 6.04 Å². The van der Waals surface area contributed by atoms with Crippen molar-refractivity contribution >= 4 is 21.8 Å². The molecule has 0 aliphatic carbocycles. The lowest BCUT2D eigenvalue weighted by Crippen LogP contribution is -2.35. The minimum Gasteiger partial charge on any atom is -0.325 e. The molecule has 3 nitrogen and oxygen atoms in total. The van der Waals surface area contributed by atoms with Crippen LogP contribution in [0.5, 0.6) is 0 Å². The Morgan fingerprint density at radius 1 is 1.24 bits per heavy atom. The molecule has 0 saturated carbocycles. The first-order valence-corrected chi connectivity index (χ1v) is 7.83. The van der Waals surface area contributed by atoms with Crippen molar-refractivity contribution < 1.29 is 28.6 Å². The van der Waals surface area contributed by atoms with Crippen molar-refractivity contribution in [1.29, 1.82) is 0 Å². The molecular weight excluding hydrogens is 322 g/mol. The van der Waals surface area contributed by atoms with Gasteiger partial charge in [-0.15, -0.1) is 0 Å². The molecule has 0 aromatic heterocycles. The molecule has 1 fully saturated rings. The molecule has 1 saturated heterocycles. The zero-order valence-electron chi connectivity index (χ0n) is 10.5. The summed E-state index contributed by atoms with van der Waals surface area (Å²) < 4.78 is 76.1. The van der Waals surface area contributed by atoms with Crippen LogP contribution in [0.25, 0.3) is 0 Å². The summed E-state index contributed by atoms with van der Waals surface area (Å²) in [5.41, 5.74) is -0.421. The van der Waals surface area contributed by atoms with Crippen molar-refractivity contribution in [3.63, 3.8) is 0 Å². The summed E-state index contributed by atoms with van der Waals surface area (Å²) in [5.74, 6) is -0.769. The van der Waals surface area contributed by atoms with Crippen LogP contribution in [-0.2, 0) is 4.79 Å². The van der Waals surface area contributed by atoms with Crippen LogP contribution >= 0.6 is 10.2 Å². The number of rotatable bonds is 3. The van der Waals surface area contributed by atoms with Gasteiger partial charge in [0.25, 0.3) is 0 Å². The first-order valence-electron chi connectivity index (χ1n) is 5.87. The van der Waals surface area contributed by atoms with E-state index in [1.54, 1.807) is 0 Å². The van der Waals surface area contributed by atoms with E-state index < -0.39 is 38.9 Å². The first kappa shape index (κ1) is 16.0. The molecule has 1 aliphatic rings. The summed E-state index contributed by atoms with van der Waals surface area (Å²) in [6.07, 6.45) is -1.34. The molecule has 10 heteroatoms. The average molecular weight is 334 g/mol.